The van der Waals surface area contributed by atoms with Crippen LogP contribution in [0.5, 0.6) is 0 Å². The first-order valence-corrected chi connectivity index (χ1v) is 4.55. The average molecular weight is 170 g/mol. The lowest BCUT2D eigenvalue weighted by atomic mass is 10.2. The molecule has 0 fully saturated rings. The van der Waals surface area contributed by atoms with E-state index in [-0.39, 0.29) is 5.60 Å². The molecule has 0 radical (unpaired) electrons. The minimum absolute atomic E-state index is 0.139. The van der Waals surface area contributed by atoms with Crippen molar-refractivity contribution in [3.63, 3.8) is 0 Å². The van der Waals surface area contributed by atoms with Crippen molar-refractivity contribution in [1.82, 2.24) is 5.48 Å². The summed E-state index contributed by atoms with van der Waals surface area (Å²) in [5, 5.41) is 0. The van der Waals surface area contributed by atoms with Crippen molar-refractivity contribution in [2.75, 3.05) is 6.54 Å². The summed E-state index contributed by atoms with van der Waals surface area (Å²) in [5.74, 6) is 0.996. The topological polar surface area (TPSA) is 33.6 Å². The van der Waals surface area contributed by atoms with Crippen molar-refractivity contribution in [3.05, 3.63) is 0 Å². The summed E-state index contributed by atoms with van der Waals surface area (Å²) in [5.41, 5.74) is 2.77. The van der Waals surface area contributed by atoms with Gasteiger partial charge in [-0.25, -0.2) is 0 Å². The van der Waals surface area contributed by atoms with Crippen LogP contribution in [0.2, 0.25) is 0 Å². The third kappa shape index (κ3) is 3.72. The van der Waals surface area contributed by atoms with Gasteiger partial charge < -0.3 is 0 Å². The molecule has 0 aromatic heterocycles. The van der Waals surface area contributed by atoms with E-state index in [2.05, 4.69) is 10.5 Å². The molecule has 1 rings (SSSR count). The number of hydrogen-bond acceptors (Lipinski definition) is 3. The van der Waals surface area contributed by atoms with Gasteiger partial charge in [0.15, 0.2) is 0 Å². The Morgan fingerprint density at radius 2 is 2.08 bits per heavy atom. The smallest absolute Gasteiger partial charge is 0.120 e. The number of nitrogens with one attached hydrogen (secondary N) is 1. The molecule has 12 heavy (non-hydrogen) atoms. The second kappa shape index (κ2) is 3.90. The van der Waals surface area contributed by atoms with Crippen LogP contribution < -0.4 is 5.48 Å². The van der Waals surface area contributed by atoms with Gasteiger partial charge in [0.1, 0.15) is 5.84 Å². The van der Waals surface area contributed by atoms with E-state index >= 15 is 0 Å². The van der Waals surface area contributed by atoms with Gasteiger partial charge in [0, 0.05) is 13.0 Å². The minimum Gasteiger partial charge on any atom is -0.271 e. The Hall–Kier alpha value is -0.570. The summed E-state index contributed by atoms with van der Waals surface area (Å²) < 4.78 is 0. The highest BCUT2D eigenvalue weighted by molar-refractivity contribution is 5.81. The van der Waals surface area contributed by atoms with E-state index in [1.54, 1.807) is 0 Å². The number of aliphatic imine (C=N–C) groups is 1. The maximum atomic E-state index is 5.39. The summed E-state index contributed by atoms with van der Waals surface area (Å²) in [7, 11) is 0. The van der Waals surface area contributed by atoms with Gasteiger partial charge in [0.25, 0.3) is 0 Å². The van der Waals surface area contributed by atoms with E-state index in [0.29, 0.717) is 0 Å². The maximum absolute atomic E-state index is 5.39. The predicted molar refractivity (Wildman–Crippen MR) is 50.1 cm³/mol. The fraction of sp³-hybridized carbons (Fsp3) is 0.889. The molecule has 0 amide bonds. The standard InChI is InChI=1S/C9H18N2O/c1-9(2,3)12-11-8-6-4-5-7-10-8/h4-7H2,1-3H3,(H,10,11). The second-order valence-electron chi connectivity index (χ2n) is 4.10. The molecule has 0 aromatic rings. The number of nitrogens with zero attached hydrogens (tertiary/aromatic N) is 1. The van der Waals surface area contributed by atoms with Crippen LogP contribution in [-0.4, -0.2) is 18.0 Å². The Bertz CT molecular complexity index is 170. The molecule has 70 valence electrons. The molecule has 0 atom stereocenters. The van der Waals surface area contributed by atoms with Crippen molar-refractivity contribution in [2.24, 2.45) is 4.99 Å². The lowest BCUT2D eigenvalue weighted by molar-refractivity contribution is -0.0436. The van der Waals surface area contributed by atoms with Crippen molar-refractivity contribution >= 4 is 5.84 Å². The first-order chi connectivity index (χ1) is 5.58. The van der Waals surface area contributed by atoms with Crippen LogP contribution in [0.15, 0.2) is 4.99 Å². The van der Waals surface area contributed by atoms with Crippen LogP contribution >= 0.6 is 0 Å². The summed E-state index contributed by atoms with van der Waals surface area (Å²) >= 11 is 0. The van der Waals surface area contributed by atoms with E-state index in [9.17, 15) is 0 Å². The molecule has 1 aliphatic rings. The van der Waals surface area contributed by atoms with E-state index in [1.807, 2.05) is 20.8 Å². The number of rotatable bonds is 1. The van der Waals surface area contributed by atoms with Crippen LogP contribution in [0.1, 0.15) is 40.0 Å². The maximum Gasteiger partial charge on any atom is 0.120 e. The quantitative estimate of drug-likeness (QED) is 0.610. The molecule has 0 aliphatic carbocycles. The van der Waals surface area contributed by atoms with E-state index in [4.69, 9.17) is 4.84 Å². The number of hydroxylamine groups is 1. The zero-order valence-corrected chi connectivity index (χ0v) is 8.18. The van der Waals surface area contributed by atoms with Crippen molar-refractivity contribution in [1.29, 1.82) is 0 Å². The van der Waals surface area contributed by atoms with E-state index < -0.39 is 0 Å². The van der Waals surface area contributed by atoms with Gasteiger partial charge in [-0.1, -0.05) is 0 Å². The first-order valence-electron chi connectivity index (χ1n) is 4.55. The molecular formula is C9H18N2O. The van der Waals surface area contributed by atoms with Gasteiger partial charge >= 0.3 is 0 Å². The summed E-state index contributed by atoms with van der Waals surface area (Å²) in [6.45, 7) is 6.99. The van der Waals surface area contributed by atoms with Gasteiger partial charge in [-0.2, -0.15) is 0 Å². The van der Waals surface area contributed by atoms with Crippen LogP contribution in [0.25, 0.3) is 0 Å². The predicted octanol–water partition coefficient (Wildman–Crippen LogP) is 1.89. The third-order valence-electron chi connectivity index (χ3n) is 1.60. The Balaban J connectivity index is 2.26. The Morgan fingerprint density at radius 1 is 1.33 bits per heavy atom. The summed E-state index contributed by atoms with van der Waals surface area (Å²) in [6, 6.07) is 0. The molecule has 0 aromatic carbocycles. The van der Waals surface area contributed by atoms with Crippen LogP contribution in [0, 0.1) is 0 Å². The molecule has 0 unspecified atom stereocenters. The van der Waals surface area contributed by atoms with Crippen LogP contribution in [0.4, 0.5) is 0 Å². The Labute approximate surface area is 74.2 Å². The molecular weight excluding hydrogens is 152 g/mol. The van der Waals surface area contributed by atoms with Gasteiger partial charge in [-0.15, -0.1) is 0 Å². The highest BCUT2D eigenvalue weighted by Gasteiger charge is 2.12. The van der Waals surface area contributed by atoms with Crippen LogP contribution in [-0.2, 0) is 4.84 Å². The van der Waals surface area contributed by atoms with Crippen molar-refractivity contribution < 1.29 is 4.84 Å². The molecule has 1 N–H and O–H groups in total. The normalized spacial score (nSPS) is 18.8. The van der Waals surface area contributed by atoms with E-state index in [1.165, 1.54) is 12.8 Å². The summed E-state index contributed by atoms with van der Waals surface area (Å²) in [4.78, 5) is 9.70. The van der Waals surface area contributed by atoms with Crippen LogP contribution in [0.3, 0.4) is 0 Å². The summed E-state index contributed by atoms with van der Waals surface area (Å²) in [6.07, 6.45) is 3.45. The monoisotopic (exact) mass is 170 g/mol. The molecule has 3 heteroatoms. The number of hydrogen-bond donors (Lipinski definition) is 1. The molecule has 1 aliphatic heterocycles. The Kier molecular flexibility index (Phi) is 3.09. The Morgan fingerprint density at radius 3 is 2.58 bits per heavy atom. The van der Waals surface area contributed by atoms with Gasteiger partial charge in [-0.05, 0) is 33.6 Å². The number of amidine groups is 1. The fourth-order valence-electron chi connectivity index (χ4n) is 0.993. The van der Waals surface area contributed by atoms with Gasteiger partial charge in [0.2, 0.25) is 0 Å². The fourth-order valence-corrected chi connectivity index (χ4v) is 0.993. The minimum atomic E-state index is -0.139. The second-order valence-corrected chi connectivity index (χ2v) is 4.10. The molecule has 0 bridgehead atoms. The van der Waals surface area contributed by atoms with Crippen molar-refractivity contribution in [2.45, 2.75) is 45.6 Å². The largest absolute Gasteiger partial charge is 0.271 e. The van der Waals surface area contributed by atoms with Gasteiger partial charge in [0.05, 0.1) is 5.60 Å². The molecule has 3 nitrogen and oxygen atoms in total. The zero-order valence-electron chi connectivity index (χ0n) is 8.18. The average Bonchev–Trinajstić information content (AvgIpc) is 2.02. The van der Waals surface area contributed by atoms with Gasteiger partial charge in [-0.3, -0.25) is 15.3 Å². The third-order valence-corrected chi connectivity index (χ3v) is 1.60. The van der Waals surface area contributed by atoms with Crippen molar-refractivity contribution in [3.8, 4) is 0 Å². The lowest BCUT2D eigenvalue weighted by Gasteiger charge is -2.22. The highest BCUT2D eigenvalue weighted by Crippen LogP contribution is 2.07. The molecule has 0 saturated carbocycles. The molecule has 0 spiro atoms. The zero-order chi connectivity index (χ0) is 9.03. The van der Waals surface area contributed by atoms with E-state index in [0.717, 1.165) is 18.8 Å². The highest BCUT2D eigenvalue weighted by atomic mass is 16.7. The SMILES string of the molecule is CC(C)(C)ONC1=NCCCC1. The molecule has 0 saturated heterocycles. The molecule has 1 heterocycles. The first kappa shape index (κ1) is 9.52. The lowest BCUT2D eigenvalue weighted by Crippen LogP contribution is -2.34.